The molecular formula is C18H10BrNO3. The maximum Gasteiger partial charge on any atom is 0.180 e. The zero-order chi connectivity index (χ0) is 16.1. The van der Waals surface area contributed by atoms with Crippen molar-refractivity contribution in [1.29, 1.82) is 0 Å². The van der Waals surface area contributed by atoms with Crippen LogP contribution >= 0.6 is 15.9 Å². The highest BCUT2D eigenvalue weighted by molar-refractivity contribution is 9.10. The molecule has 0 fully saturated rings. The minimum Gasteiger partial charge on any atom is -0.506 e. The van der Waals surface area contributed by atoms with Crippen LogP contribution in [0.5, 0.6) is 5.75 Å². The molecule has 0 bridgehead atoms. The Bertz CT molecular complexity index is 997. The van der Waals surface area contributed by atoms with Gasteiger partial charge in [-0.15, -0.1) is 0 Å². The number of nitrogens with zero attached hydrogens (tertiary/aromatic N) is 1. The van der Waals surface area contributed by atoms with Gasteiger partial charge in [-0.2, -0.15) is 0 Å². The molecule has 1 unspecified atom stereocenters. The van der Waals surface area contributed by atoms with Crippen LogP contribution in [0.25, 0.3) is 10.9 Å². The fourth-order valence-electron chi connectivity index (χ4n) is 2.95. The Kier molecular flexibility index (Phi) is 3.06. The minimum absolute atomic E-state index is 0.117. The smallest absolute Gasteiger partial charge is 0.180 e. The zero-order valence-corrected chi connectivity index (χ0v) is 13.4. The van der Waals surface area contributed by atoms with Crippen LogP contribution in [0.3, 0.4) is 0 Å². The van der Waals surface area contributed by atoms with E-state index in [9.17, 15) is 14.7 Å². The van der Waals surface area contributed by atoms with Gasteiger partial charge in [-0.05, 0) is 30.3 Å². The molecular weight excluding hydrogens is 358 g/mol. The lowest BCUT2D eigenvalue weighted by Gasteiger charge is -2.10. The molecule has 5 heteroatoms. The molecule has 0 saturated heterocycles. The summed E-state index contributed by atoms with van der Waals surface area (Å²) < 4.78 is 0.730. The van der Waals surface area contributed by atoms with Crippen molar-refractivity contribution >= 4 is 38.4 Å². The van der Waals surface area contributed by atoms with E-state index in [1.54, 1.807) is 24.3 Å². The van der Waals surface area contributed by atoms with Crippen LogP contribution in [0.1, 0.15) is 32.3 Å². The molecule has 0 saturated carbocycles. The summed E-state index contributed by atoms with van der Waals surface area (Å²) in [7, 11) is 0. The lowest BCUT2D eigenvalue weighted by Crippen LogP contribution is -2.14. The van der Waals surface area contributed by atoms with E-state index in [-0.39, 0.29) is 23.0 Å². The van der Waals surface area contributed by atoms with Crippen molar-refractivity contribution in [2.75, 3.05) is 0 Å². The molecule has 0 radical (unpaired) electrons. The summed E-state index contributed by atoms with van der Waals surface area (Å²) >= 11 is 3.31. The van der Waals surface area contributed by atoms with Crippen LogP contribution < -0.4 is 0 Å². The molecule has 2 aromatic carbocycles. The van der Waals surface area contributed by atoms with Crippen molar-refractivity contribution in [2.45, 2.75) is 5.92 Å². The number of rotatable bonds is 1. The van der Waals surface area contributed by atoms with E-state index < -0.39 is 5.92 Å². The number of carbonyl (C=O) groups is 2. The predicted octanol–water partition coefficient (Wildman–Crippen LogP) is 3.87. The third kappa shape index (κ3) is 2.08. The zero-order valence-electron chi connectivity index (χ0n) is 11.8. The predicted molar refractivity (Wildman–Crippen MR) is 89.0 cm³/mol. The van der Waals surface area contributed by atoms with Crippen molar-refractivity contribution < 1.29 is 14.7 Å². The van der Waals surface area contributed by atoms with Gasteiger partial charge in [0.25, 0.3) is 0 Å². The van der Waals surface area contributed by atoms with E-state index in [0.29, 0.717) is 16.6 Å². The summed E-state index contributed by atoms with van der Waals surface area (Å²) in [6, 6.07) is 13.8. The topological polar surface area (TPSA) is 67.3 Å². The first kappa shape index (κ1) is 14.1. The second-order valence-corrected chi connectivity index (χ2v) is 6.35. The fourth-order valence-corrected chi connectivity index (χ4v) is 3.31. The molecule has 4 rings (SSSR count). The first-order valence-corrected chi connectivity index (χ1v) is 7.82. The van der Waals surface area contributed by atoms with Crippen LogP contribution in [0.4, 0.5) is 0 Å². The van der Waals surface area contributed by atoms with E-state index in [1.807, 2.05) is 18.2 Å². The minimum atomic E-state index is -1.08. The molecule has 1 heterocycles. The Labute approximate surface area is 139 Å². The van der Waals surface area contributed by atoms with Crippen LogP contribution in [-0.4, -0.2) is 21.7 Å². The van der Waals surface area contributed by atoms with Gasteiger partial charge in [-0.3, -0.25) is 9.59 Å². The van der Waals surface area contributed by atoms with Gasteiger partial charge in [0.15, 0.2) is 11.6 Å². The summed E-state index contributed by atoms with van der Waals surface area (Å²) in [4.78, 5) is 29.6. The normalized spacial score (nSPS) is 16.8. The summed E-state index contributed by atoms with van der Waals surface area (Å²) in [6.45, 7) is 0. The lowest BCUT2D eigenvalue weighted by atomic mass is 9.97. The van der Waals surface area contributed by atoms with Gasteiger partial charge in [0.05, 0.1) is 5.52 Å². The monoisotopic (exact) mass is 367 g/mol. The number of ketones is 2. The molecule has 0 amide bonds. The number of hydrogen-bond acceptors (Lipinski definition) is 4. The van der Waals surface area contributed by atoms with E-state index in [4.69, 9.17) is 0 Å². The average Bonchev–Trinajstić information content (AvgIpc) is 2.78. The highest BCUT2D eigenvalue weighted by Crippen LogP contribution is 2.38. The van der Waals surface area contributed by atoms with E-state index in [2.05, 4.69) is 20.9 Å². The third-order valence-electron chi connectivity index (χ3n) is 4.04. The third-order valence-corrected chi connectivity index (χ3v) is 4.54. The number of aromatic hydroxyl groups is 1. The summed E-state index contributed by atoms with van der Waals surface area (Å²) in [6.07, 6.45) is 0. The Morgan fingerprint density at radius 1 is 0.957 bits per heavy atom. The Hall–Kier alpha value is -2.53. The summed E-state index contributed by atoms with van der Waals surface area (Å²) in [5, 5.41) is 11.0. The summed E-state index contributed by atoms with van der Waals surface area (Å²) in [5.41, 5.74) is 1.49. The van der Waals surface area contributed by atoms with E-state index in [1.165, 1.54) is 6.07 Å². The summed E-state index contributed by atoms with van der Waals surface area (Å²) in [5.74, 6) is -1.87. The van der Waals surface area contributed by atoms with Gasteiger partial charge >= 0.3 is 0 Å². The Balaban J connectivity index is 1.91. The lowest BCUT2D eigenvalue weighted by molar-refractivity contribution is 0.0886. The van der Waals surface area contributed by atoms with Gasteiger partial charge in [0.1, 0.15) is 17.4 Å². The molecule has 3 aromatic rings. The number of para-hydroxylation sites is 1. The van der Waals surface area contributed by atoms with Gasteiger partial charge in [0.2, 0.25) is 0 Å². The number of fused-ring (bicyclic) bond motifs is 2. The number of halogens is 1. The number of carbonyl (C=O) groups excluding carboxylic acids is 2. The second-order valence-electron chi connectivity index (χ2n) is 5.44. The largest absolute Gasteiger partial charge is 0.506 e. The molecule has 1 aliphatic carbocycles. The molecule has 0 aliphatic heterocycles. The average molecular weight is 368 g/mol. The first-order valence-electron chi connectivity index (χ1n) is 7.03. The maximum absolute atomic E-state index is 12.7. The van der Waals surface area contributed by atoms with Crippen LogP contribution in [-0.2, 0) is 0 Å². The molecule has 1 atom stereocenters. The standard InChI is InChI=1S/C18H10BrNO3/c19-10-5-6-11-12(8-10)18(23)15(17(11)22)16-14(21)7-9-3-1-2-4-13(9)20-16/h1-8,15,21H. The van der Waals surface area contributed by atoms with Gasteiger partial charge in [-0.25, -0.2) is 4.98 Å². The Morgan fingerprint density at radius 2 is 1.70 bits per heavy atom. The molecule has 1 aliphatic rings. The quantitative estimate of drug-likeness (QED) is 0.663. The number of benzene rings is 2. The van der Waals surface area contributed by atoms with Gasteiger partial charge < -0.3 is 5.11 Å². The molecule has 0 spiro atoms. The highest BCUT2D eigenvalue weighted by Gasteiger charge is 2.42. The van der Waals surface area contributed by atoms with Gasteiger partial charge in [0, 0.05) is 21.0 Å². The number of pyridine rings is 1. The van der Waals surface area contributed by atoms with Crippen LogP contribution in [0.15, 0.2) is 53.0 Å². The van der Waals surface area contributed by atoms with Crippen molar-refractivity contribution in [3.8, 4) is 5.75 Å². The second kappa shape index (κ2) is 4.99. The molecule has 1 aromatic heterocycles. The molecule has 112 valence electrons. The van der Waals surface area contributed by atoms with Crippen LogP contribution in [0.2, 0.25) is 0 Å². The fraction of sp³-hybridized carbons (Fsp3) is 0.0556. The van der Waals surface area contributed by atoms with Crippen LogP contribution in [0, 0.1) is 0 Å². The molecule has 23 heavy (non-hydrogen) atoms. The first-order chi connectivity index (χ1) is 11.1. The SMILES string of the molecule is O=C1c2ccc(Br)cc2C(=O)C1c1nc2ccccc2cc1O. The Morgan fingerprint density at radius 3 is 2.52 bits per heavy atom. The van der Waals surface area contributed by atoms with Crippen molar-refractivity contribution in [1.82, 2.24) is 4.98 Å². The molecule has 1 N–H and O–H groups in total. The number of hydrogen-bond donors (Lipinski definition) is 1. The van der Waals surface area contributed by atoms with Crippen molar-refractivity contribution in [3.63, 3.8) is 0 Å². The van der Waals surface area contributed by atoms with Crippen molar-refractivity contribution in [3.05, 3.63) is 69.8 Å². The van der Waals surface area contributed by atoms with E-state index in [0.717, 1.165) is 9.86 Å². The highest BCUT2D eigenvalue weighted by atomic mass is 79.9. The number of aromatic nitrogens is 1. The maximum atomic E-state index is 12.7. The number of Topliss-reactive ketones (excluding diaryl/α,β-unsaturated/α-hetero) is 2. The van der Waals surface area contributed by atoms with E-state index >= 15 is 0 Å². The molecule has 4 nitrogen and oxygen atoms in total. The van der Waals surface area contributed by atoms with Crippen molar-refractivity contribution in [2.24, 2.45) is 0 Å². The van der Waals surface area contributed by atoms with Gasteiger partial charge in [-0.1, -0.05) is 34.1 Å².